The molecule has 6 heteroatoms. The van der Waals surface area contributed by atoms with E-state index in [9.17, 15) is 0 Å². The highest BCUT2D eigenvalue weighted by molar-refractivity contribution is 14.2. The van der Waals surface area contributed by atoms with Crippen LogP contribution in [0.15, 0.2) is 36.5 Å². The first-order valence-corrected chi connectivity index (χ1v) is 12.5. The van der Waals surface area contributed by atoms with Crippen molar-refractivity contribution < 1.29 is 4.74 Å². The van der Waals surface area contributed by atoms with E-state index in [-0.39, 0.29) is 20.7 Å². The van der Waals surface area contributed by atoms with Crippen LogP contribution in [-0.4, -0.2) is 27.1 Å². The van der Waals surface area contributed by atoms with Crippen LogP contribution in [0.4, 0.5) is 5.95 Å². The summed E-state index contributed by atoms with van der Waals surface area (Å²) in [4.78, 5) is 9.23. The Labute approximate surface area is 180 Å². The van der Waals surface area contributed by atoms with Crippen molar-refractivity contribution in [2.24, 2.45) is 0 Å². The summed E-state index contributed by atoms with van der Waals surface area (Å²) in [6.07, 6.45) is 6.86. The van der Waals surface area contributed by atoms with Crippen LogP contribution < -0.4 is 10.1 Å². The fraction of sp³-hybridized carbons (Fsp3) is 0.318. The molecule has 0 bridgehead atoms. The Morgan fingerprint density at radius 3 is 2.82 bits per heavy atom. The molecule has 0 radical (unpaired) electrons. The molecule has 0 unspecified atom stereocenters. The van der Waals surface area contributed by atoms with Crippen molar-refractivity contribution in [3.8, 4) is 16.9 Å². The van der Waals surface area contributed by atoms with Gasteiger partial charge in [0.15, 0.2) is 0 Å². The molecule has 3 aromatic rings. The van der Waals surface area contributed by atoms with Gasteiger partial charge in [-0.2, -0.15) is 0 Å². The van der Waals surface area contributed by atoms with Gasteiger partial charge in [-0.05, 0) is 49.6 Å². The van der Waals surface area contributed by atoms with E-state index in [1.54, 1.807) is 0 Å². The first-order valence-electron chi connectivity index (χ1n) is 9.57. The third kappa shape index (κ3) is 4.01. The fourth-order valence-corrected chi connectivity index (χ4v) is 5.57. The van der Waals surface area contributed by atoms with E-state index < -0.39 is 0 Å². The molecular formula is C22H23ClIN3O. The van der Waals surface area contributed by atoms with Gasteiger partial charge >= 0.3 is 0 Å². The maximum Gasteiger partial charge on any atom is 0.223 e. The van der Waals surface area contributed by atoms with E-state index in [0.717, 1.165) is 22.0 Å². The van der Waals surface area contributed by atoms with E-state index >= 15 is 0 Å². The number of halogens is 2. The Morgan fingerprint density at radius 2 is 2.07 bits per heavy atom. The second-order valence-electron chi connectivity index (χ2n) is 6.89. The summed E-state index contributed by atoms with van der Waals surface area (Å²) in [5.74, 6) is 1.43. The van der Waals surface area contributed by atoms with Crippen LogP contribution in [0, 0.1) is 3.57 Å². The summed E-state index contributed by atoms with van der Waals surface area (Å²) in [7, 11) is 0. The van der Waals surface area contributed by atoms with Gasteiger partial charge < -0.3 is 10.1 Å². The van der Waals surface area contributed by atoms with Crippen LogP contribution in [0.2, 0.25) is 5.02 Å². The molecule has 4 nitrogen and oxygen atoms in total. The second-order valence-corrected chi connectivity index (χ2v) is 9.20. The Kier molecular flexibility index (Phi) is 6.11. The monoisotopic (exact) mass is 507 g/mol. The predicted molar refractivity (Wildman–Crippen MR) is 127 cm³/mol. The van der Waals surface area contributed by atoms with Crippen molar-refractivity contribution in [2.45, 2.75) is 38.6 Å². The van der Waals surface area contributed by atoms with Crippen LogP contribution in [0.1, 0.15) is 32.6 Å². The maximum atomic E-state index is 6.70. The molecule has 1 aliphatic rings. The number of hydrogen-bond acceptors (Lipinski definition) is 4. The molecule has 146 valence electrons. The Morgan fingerprint density at radius 1 is 1.25 bits per heavy atom. The van der Waals surface area contributed by atoms with E-state index in [4.69, 9.17) is 21.3 Å². The Bertz CT molecular complexity index is 1020. The van der Waals surface area contributed by atoms with E-state index in [2.05, 4.69) is 33.0 Å². The Balaban J connectivity index is 1.71. The Hall–Kier alpha value is -1.73. The van der Waals surface area contributed by atoms with Gasteiger partial charge in [-0.15, -0.1) is 0 Å². The van der Waals surface area contributed by atoms with E-state index in [0.29, 0.717) is 29.4 Å². The highest BCUT2D eigenvalue weighted by Gasteiger charge is 2.17. The molecule has 1 heterocycles. The smallest absolute Gasteiger partial charge is 0.223 e. The van der Waals surface area contributed by atoms with Gasteiger partial charge in [-0.1, -0.05) is 55.8 Å². The molecule has 1 N–H and O–H groups in total. The number of ether oxygens (including phenoxy) is 1. The van der Waals surface area contributed by atoms with Crippen LogP contribution in [0.25, 0.3) is 22.0 Å². The molecule has 1 aromatic heterocycles. The molecular weight excluding hydrogens is 485 g/mol. The van der Waals surface area contributed by atoms with Gasteiger partial charge in [0.1, 0.15) is 5.75 Å². The van der Waals surface area contributed by atoms with Crippen molar-refractivity contribution in [1.29, 1.82) is 0 Å². The summed E-state index contributed by atoms with van der Waals surface area (Å²) in [5.41, 5.74) is 3.00. The number of benzene rings is 2. The fourth-order valence-electron chi connectivity index (χ4n) is 3.69. The number of aromatic nitrogens is 2. The minimum absolute atomic E-state index is 0.367. The zero-order valence-corrected chi connectivity index (χ0v) is 18.8. The molecule has 1 saturated carbocycles. The third-order valence-corrected chi connectivity index (χ3v) is 7.15. The molecule has 28 heavy (non-hydrogen) atoms. The molecule has 0 aliphatic heterocycles. The third-order valence-electron chi connectivity index (χ3n) is 5.06. The molecule has 0 spiro atoms. The standard InChI is InChI=1S/C22H23ClIN3O/c1-3-28-19-11-9-17(24-2)20(21(19)23)14-8-10-18-15(12-14)13-25-22(27-18)26-16-6-4-5-7-16/h8-13,16H,2-7H2,1H3,(H,25,26,27). The van der Waals surface area contributed by atoms with Gasteiger partial charge in [0.25, 0.3) is 0 Å². The summed E-state index contributed by atoms with van der Waals surface area (Å²) in [6, 6.07) is 10.8. The molecule has 1 aliphatic carbocycles. The van der Waals surface area contributed by atoms with Gasteiger partial charge in [0.2, 0.25) is 5.95 Å². The number of hydrogen-bond donors (Lipinski definition) is 1. The lowest BCUT2D eigenvalue weighted by Crippen LogP contribution is -2.16. The number of nitrogens with one attached hydrogen (secondary N) is 1. The molecule has 0 saturated heterocycles. The topological polar surface area (TPSA) is 47.0 Å². The minimum Gasteiger partial charge on any atom is -0.492 e. The van der Waals surface area contributed by atoms with Gasteiger partial charge in [-0.25, -0.2) is 9.97 Å². The molecule has 4 rings (SSSR count). The number of anilines is 1. The highest BCUT2D eigenvalue weighted by atomic mass is 127. The van der Waals surface area contributed by atoms with Crippen molar-refractivity contribution in [2.75, 3.05) is 11.9 Å². The quantitative estimate of drug-likeness (QED) is 0.399. The van der Waals surface area contributed by atoms with Crippen molar-refractivity contribution in [3.05, 3.63) is 45.1 Å². The average Bonchev–Trinajstić information content (AvgIpc) is 3.22. The second kappa shape index (κ2) is 8.74. The number of fused-ring (bicyclic) bond motifs is 1. The first-order chi connectivity index (χ1) is 13.7. The van der Waals surface area contributed by atoms with Gasteiger partial charge in [0.05, 0.1) is 17.1 Å². The van der Waals surface area contributed by atoms with Crippen LogP contribution >= 0.6 is 32.3 Å². The molecule has 2 aromatic carbocycles. The lowest BCUT2D eigenvalue weighted by molar-refractivity contribution is 0.340. The molecule has 0 atom stereocenters. The lowest BCUT2D eigenvalue weighted by Gasteiger charge is -2.14. The normalized spacial score (nSPS) is 14.5. The van der Waals surface area contributed by atoms with Crippen LogP contribution in [0.5, 0.6) is 5.75 Å². The molecule has 1 fully saturated rings. The minimum atomic E-state index is -0.367. The lowest BCUT2D eigenvalue weighted by atomic mass is 10.0. The molecule has 0 amide bonds. The average molecular weight is 508 g/mol. The maximum absolute atomic E-state index is 6.70. The summed E-state index contributed by atoms with van der Waals surface area (Å²) in [5, 5.41) is 5.12. The van der Waals surface area contributed by atoms with Gasteiger partial charge in [-0.3, -0.25) is 0 Å². The summed E-state index contributed by atoms with van der Waals surface area (Å²) in [6.45, 7) is 2.54. The summed E-state index contributed by atoms with van der Waals surface area (Å²) < 4.78 is 11.1. The summed E-state index contributed by atoms with van der Waals surface area (Å²) >= 11 is 6.33. The van der Waals surface area contributed by atoms with Crippen LogP contribution in [0.3, 0.4) is 0 Å². The van der Waals surface area contributed by atoms with E-state index in [1.807, 2.05) is 25.3 Å². The zero-order valence-electron chi connectivity index (χ0n) is 15.8. The number of nitrogens with zero attached hydrogens (tertiary/aromatic N) is 2. The highest BCUT2D eigenvalue weighted by Crippen LogP contribution is 2.40. The first kappa shape index (κ1) is 19.6. The zero-order chi connectivity index (χ0) is 19.5. The van der Waals surface area contributed by atoms with Crippen molar-refractivity contribution in [1.82, 2.24) is 9.97 Å². The SMILES string of the molecule is C=Ic1ccc(OCC)c(Cl)c1-c1ccc2nc(NC3CCCC3)ncc2c1. The van der Waals surface area contributed by atoms with Crippen LogP contribution in [-0.2, 0) is 0 Å². The van der Waals surface area contributed by atoms with Gasteiger partial charge in [0, 0.05) is 26.8 Å². The largest absolute Gasteiger partial charge is 0.492 e. The van der Waals surface area contributed by atoms with Crippen molar-refractivity contribution >= 4 is 53.7 Å². The number of rotatable bonds is 6. The predicted octanol–water partition coefficient (Wildman–Crippen LogP) is 6.28. The van der Waals surface area contributed by atoms with E-state index in [1.165, 1.54) is 29.3 Å². The van der Waals surface area contributed by atoms with Crippen molar-refractivity contribution in [3.63, 3.8) is 0 Å².